The van der Waals surface area contributed by atoms with Crippen molar-refractivity contribution >= 4 is 21.4 Å². The Morgan fingerprint density at radius 3 is 2.18 bits per heavy atom. The van der Waals surface area contributed by atoms with Gasteiger partial charge in [-0.2, -0.15) is 0 Å². The van der Waals surface area contributed by atoms with E-state index in [0.29, 0.717) is 5.56 Å². The molecule has 1 atom stereocenters. The molecule has 1 saturated carbocycles. The third-order valence-corrected chi connectivity index (χ3v) is 4.91. The number of carbonyl (C=O) groups excluding carboxylic acids is 1. The van der Waals surface area contributed by atoms with Gasteiger partial charge >= 0.3 is 0 Å². The van der Waals surface area contributed by atoms with Gasteiger partial charge < -0.3 is 9.80 Å². The summed E-state index contributed by atoms with van der Waals surface area (Å²) in [5, 5.41) is 0. The van der Waals surface area contributed by atoms with Gasteiger partial charge in [-0.15, -0.1) is 0 Å². The maximum absolute atomic E-state index is 12.8. The lowest BCUT2D eigenvalue weighted by atomic mass is 10.1. The van der Waals surface area contributed by atoms with E-state index in [1.165, 1.54) is 6.26 Å². The number of sulfone groups is 1. The molecule has 1 unspecified atom stereocenters. The minimum Gasteiger partial charge on any atom is -0.378 e. The summed E-state index contributed by atoms with van der Waals surface area (Å²) in [7, 11) is 0.784. The SMILES string of the molecule is CC(CS(C)(=O)=O)N(C(=O)c1ccc(N(C)C)cc1)C1CC1. The number of anilines is 1. The fraction of sp³-hybridized carbons (Fsp3) is 0.562. The van der Waals surface area contributed by atoms with Gasteiger partial charge in [0.05, 0.1) is 5.75 Å². The Morgan fingerprint density at radius 2 is 1.77 bits per heavy atom. The molecular formula is C16H24N2O3S. The Balaban J connectivity index is 2.19. The molecule has 1 fully saturated rings. The van der Waals surface area contributed by atoms with Gasteiger partial charge in [0.25, 0.3) is 5.91 Å². The molecule has 1 aliphatic rings. The predicted molar refractivity (Wildman–Crippen MR) is 89.1 cm³/mol. The number of nitrogens with zero attached hydrogens (tertiary/aromatic N) is 2. The van der Waals surface area contributed by atoms with Crippen LogP contribution in [0.25, 0.3) is 0 Å². The fourth-order valence-corrected chi connectivity index (χ4v) is 3.69. The van der Waals surface area contributed by atoms with Gasteiger partial charge in [0.2, 0.25) is 0 Å². The molecule has 0 aliphatic heterocycles. The van der Waals surface area contributed by atoms with Crippen molar-refractivity contribution in [3.63, 3.8) is 0 Å². The van der Waals surface area contributed by atoms with Crippen molar-refractivity contribution in [3.8, 4) is 0 Å². The molecule has 1 aliphatic carbocycles. The summed E-state index contributed by atoms with van der Waals surface area (Å²) in [5.41, 5.74) is 1.64. The zero-order valence-electron chi connectivity index (χ0n) is 13.6. The molecule has 1 amide bonds. The third kappa shape index (κ3) is 4.22. The molecule has 1 aromatic rings. The largest absolute Gasteiger partial charge is 0.378 e. The molecule has 2 rings (SSSR count). The number of hydrogen-bond acceptors (Lipinski definition) is 4. The predicted octanol–water partition coefficient (Wildman–Crippen LogP) is 1.79. The quantitative estimate of drug-likeness (QED) is 0.800. The van der Waals surface area contributed by atoms with Crippen LogP contribution >= 0.6 is 0 Å². The van der Waals surface area contributed by atoms with Crippen molar-refractivity contribution in [2.75, 3.05) is 31.0 Å². The topological polar surface area (TPSA) is 57.7 Å². The van der Waals surface area contributed by atoms with E-state index in [1.807, 2.05) is 38.1 Å². The van der Waals surface area contributed by atoms with Crippen molar-refractivity contribution in [3.05, 3.63) is 29.8 Å². The molecule has 0 N–H and O–H groups in total. The molecule has 6 heteroatoms. The van der Waals surface area contributed by atoms with Gasteiger partial charge in [0.15, 0.2) is 0 Å². The van der Waals surface area contributed by atoms with Crippen molar-refractivity contribution in [2.45, 2.75) is 31.8 Å². The van der Waals surface area contributed by atoms with Gasteiger partial charge in [0, 0.05) is 43.7 Å². The standard InChI is InChI=1S/C16H24N2O3S/c1-12(11-22(4,20)21)18(15-9-10-15)16(19)13-5-7-14(8-6-13)17(2)3/h5-8,12,15H,9-11H2,1-4H3. The second kappa shape index (κ2) is 6.28. The molecule has 0 bridgehead atoms. The van der Waals surface area contributed by atoms with Gasteiger partial charge in [0.1, 0.15) is 9.84 Å². The number of benzene rings is 1. The molecule has 0 heterocycles. The number of amides is 1. The van der Waals surface area contributed by atoms with E-state index in [2.05, 4.69) is 0 Å². The highest BCUT2D eigenvalue weighted by molar-refractivity contribution is 7.90. The summed E-state index contributed by atoms with van der Waals surface area (Å²) < 4.78 is 23.0. The Morgan fingerprint density at radius 1 is 1.23 bits per heavy atom. The zero-order valence-corrected chi connectivity index (χ0v) is 14.4. The van der Waals surface area contributed by atoms with Crippen LogP contribution in [0, 0.1) is 0 Å². The van der Waals surface area contributed by atoms with E-state index >= 15 is 0 Å². The highest BCUT2D eigenvalue weighted by atomic mass is 32.2. The Kier molecular flexibility index (Phi) is 4.80. The van der Waals surface area contributed by atoms with E-state index in [0.717, 1.165) is 18.5 Å². The summed E-state index contributed by atoms with van der Waals surface area (Å²) >= 11 is 0. The number of hydrogen-bond donors (Lipinski definition) is 0. The summed E-state index contributed by atoms with van der Waals surface area (Å²) in [6.07, 6.45) is 3.12. The first-order chi connectivity index (χ1) is 10.2. The summed E-state index contributed by atoms with van der Waals surface area (Å²) in [5.74, 6) is -0.0747. The highest BCUT2D eigenvalue weighted by Gasteiger charge is 2.37. The van der Waals surface area contributed by atoms with Crippen LogP contribution in [0.15, 0.2) is 24.3 Å². The lowest BCUT2D eigenvalue weighted by Gasteiger charge is -2.29. The monoisotopic (exact) mass is 324 g/mol. The Labute approximate surface area is 132 Å². The lowest BCUT2D eigenvalue weighted by molar-refractivity contribution is 0.0693. The van der Waals surface area contributed by atoms with Crippen LogP contribution in [0.3, 0.4) is 0 Å². The van der Waals surface area contributed by atoms with E-state index in [1.54, 1.807) is 17.0 Å². The second-order valence-corrected chi connectivity index (χ2v) is 8.51. The summed E-state index contributed by atoms with van der Waals surface area (Å²) in [6, 6.07) is 7.29. The van der Waals surface area contributed by atoms with Crippen LogP contribution in [0.4, 0.5) is 5.69 Å². The normalized spacial score (nSPS) is 16.2. The molecule has 0 radical (unpaired) electrons. The van der Waals surface area contributed by atoms with Crippen molar-refractivity contribution < 1.29 is 13.2 Å². The van der Waals surface area contributed by atoms with Crippen molar-refractivity contribution in [1.82, 2.24) is 4.90 Å². The lowest BCUT2D eigenvalue weighted by Crippen LogP contribution is -2.43. The molecule has 22 heavy (non-hydrogen) atoms. The first-order valence-electron chi connectivity index (χ1n) is 7.47. The van der Waals surface area contributed by atoms with E-state index < -0.39 is 9.84 Å². The maximum Gasteiger partial charge on any atom is 0.254 e. The van der Waals surface area contributed by atoms with Gasteiger partial charge in [-0.05, 0) is 44.0 Å². The van der Waals surface area contributed by atoms with Gasteiger partial charge in [-0.1, -0.05) is 0 Å². The van der Waals surface area contributed by atoms with Crippen LogP contribution in [-0.2, 0) is 9.84 Å². The van der Waals surface area contributed by atoms with Crippen LogP contribution < -0.4 is 4.90 Å². The Hall–Kier alpha value is -1.56. The van der Waals surface area contributed by atoms with Crippen LogP contribution in [0.2, 0.25) is 0 Å². The average Bonchev–Trinajstić information content (AvgIpc) is 3.21. The summed E-state index contributed by atoms with van der Waals surface area (Å²) in [6.45, 7) is 1.81. The van der Waals surface area contributed by atoms with Crippen LogP contribution in [0.1, 0.15) is 30.1 Å². The fourth-order valence-electron chi connectivity index (χ4n) is 2.65. The second-order valence-electron chi connectivity index (χ2n) is 6.33. The molecular weight excluding hydrogens is 300 g/mol. The Bertz CT molecular complexity index is 634. The minimum absolute atomic E-state index is 0.00498. The first-order valence-corrected chi connectivity index (χ1v) is 9.53. The average molecular weight is 324 g/mol. The summed E-state index contributed by atoms with van der Waals surface area (Å²) in [4.78, 5) is 16.5. The van der Waals surface area contributed by atoms with Gasteiger partial charge in [-0.3, -0.25) is 4.79 Å². The van der Waals surface area contributed by atoms with Crippen molar-refractivity contribution in [2.24, 2.45) is 0 Å². The molecule has 0 saturated heterocycles. The van der Waals surface area contributed by atoms with E-state index in [-0.39, 0.29) is 23.7 Å². The minimum atomic E-state index is -3.11. The number of carbonyl (C=O) groups is 1. The van der Waals surface area contributed by atoms with Crippen LogP contribution in [0.5, 0.6) is 0 Å². The third-order valence-electron chi connectivity index (χ3n) is 3.82. The van der Waals surface area contributed by atoms with E-state index in [9.17, 15) is 13.2 Å². The molecule has 122 valence electrons. The smallest absolute Gasteiger partial charge is 0.254 e. The highest BCUT2D eigenvalue weighted by Crippen LogP contribution is 2.30. The van der Waals surface area contributed by atoms with Gasteiger partial charge in [-0.25, -0.2) is 8.42 Å². The van der Waals surface area contributed by atoms with Crippen LogP contribution in [-0.4, -0.2) is 57.4 Å². The molecule has 0 spiro atoms. The maximum atomic E-state index is 12.8. The molecule has 5 nitrogen and oxygen atoms in total. The first kappa shape index (κ1) is 16.8. The number of rotatable bonds is 6. The van der Waals surface area contributed by atoms with E-state index in [4.69, 9.17) is 0 Å². The van der Waals surface area contributed by atoms with Crippen molar-refractivity contribution in [1.29, 1.82) is 0 Å². The molecule has 0 aromatic heterocycles. The molecule has 1 aromatic carbocycles. The zero-order chi connectivity index (χ0) is 16.5.